The minimum absolute atomic E-state index is 0.00179. The van der Waals surface area contributed by atoms with E-state index in [0.29, 0.717) is 25.3 Å². The molecule has 23 heavy (non-hydrogen) atoms. The van der Waals surface area contributed by atoms with Crippen LogP contribution in [-0.4, -0.2) is 55.5 Å². The van der Waals surface area contributed by atoms with E-state index in [1.807, 2.05) is 11.8 Å². The molecule has 1 amide bonds. The molecule has 1 aliphatic rings. The zero-order valence-corrected chi connectivity index (χ0v) is 13.4. The van der Waals surface area contributed by atoms with Crippen molar-refractivity contribution in [2.45, 2.75) is 25.2 Å². The van der Waals surface area contributed by atoms with Crippen LogP contribution in [0.1, 0.15) is 24.2 Å². The predicted molar refractivity (Wildman–Crippen MR) is 79.9 cm³/mol. The maximum Gasteiger partial charge on any atom is 0.416 e. The summed E-state index contributed by atoms with van der Waals surface area (Å²) in [6.45, 7) is 3.37. The van der Waals surface area contributed by atoms with Crippen LogP contribution < -0.4 is 0 Å². The van der Waals surface area contributed by atoms with Crippen molar-refractivity contribution in [1.82, 2.24) is 9.80 Å². The Morgan fingerprint density at radius 3 is 2.43 bits per heavy atom. The Hall–Kier alpha value is -1.60. The van der Waals surface area contributed by atoms with Crippen LogP contribution in [0.2, 0.25) is 0 Å². The quantitative estimate of drug-likeness (QED) is 0.854. The van der Waals surface area contributed by atoms with Crippen molar-refractivity contribution in [2.24, 2.45) is 0 Å². The summed E-state index contributed by atoms with van der Waals surface area (Å²) in [5, 5.41) is 0. The fraction of sp³-hybridized carbons (Fsp3) is 0.562. The highest BCUT2D eigenvalue weighted by Gasteiger charge is 2.32. The van der Waals surface area contributed by atoms with Gasteiger partial charge in [-0.15, -0.1) is 0 Å². The standard InChI is InChI=1S/C16H21F3N2O2/c1-11(15(22)20(2)3)21-8-9-23-14(10-21)12-4-6-13(7-5-12)16(17,18)19/h4-7,11,14H,8-10H2,1-3H3/t11-,14-/m0/s1. The van der Waals surface area contributed by atoms with Crippen LogP contribution in [0, 0.1) is 0 Å². The van der Waals surface area contributed by atoms with Crippen molar-refractivity contribution in [2.75, 3.05) is 33.8 Å². The maximum absolute atomic E-state index is 12.6. The third-order valence-corrected chi connectivity index (χ3v) is 4.05. The Balaban J connectivity index is 2.08. The molecule has 4 nitrogen and oxygen atoms in total. The lowest BCUT2D eigenvalue weighted by atomic mass is 10.0. The summed E-state index contributed by atoms with van der Waals surface area (Å²) in [4.78, 5) is 15.6. The third-order valence-electron chi connectivity index (χ3n) is 4.05. The molecule has 0 unspecified atom stereocenters. The smallest absolute Gasteiger partial charge is 0.371 e. The molecule has 1 aromatic carbocycles. The first-order chi connectivity index (χ1) is 10.7. The molecular formula is C16H21F3N2O2. The first-order valence-electron chi connectivity index (χ1n) is 7.44. The van der Waals surface area contributed by atoms with Gasteiger partial charge in [-0.1, -0.05) is 12.1 Å². The number of hydrogen-bond acceptors (Lipinski definition) is 3. The van der Waals surface area contributed by atoms with Gasteiger partial charge in [-0.3, -0.25) is 9.69 Å². The van der Waals surface area contributed by atoms with Crippen LogP contribution >= 0.6 is 0 Å². The molecule has 0 bridgehead atoms. The molecule has 1 aliphatic heterocycles. The zero-order chi connectivity index (χ0) is 17.2. The zero-order valence-electron chi connectivity index (χ0n) is 13.4. The second-order valence-corrected chi connectivity index (χ2v) is 5.88. The first kappa shape index (κ1) is 17.7. The Labute approximate surface area is 133 Å². The van der Waals surface area contributed by atoms with E-state index >= 15 is 0 Å². The van der Waals surface area contributed by atoms with E-state index in [4.69, 9.17) is 4.74 Å². The molecule has 0 spiro atoms. The van der Waals surface area contributed by atoms with Crippen molar-refractivity contribution in [3.8, 4) is 0 Å². The molecule has 0 aliphatic carbocycles. The van der Waals surface area contributed by atoms with E-state index in [9.17, 15) is 18.0 Å². The molecule has 0 saturated carbocycles. The summed E-state index contributed by atoms with van der Waals surface area (Å²) in [7, 11) is 3.40. The number of nitrogens with zero attached hydrogens (tertiary/aromatic N) is 2. The van der Waals surface area contributed by atoms with E-state index in [2.05, 4.69) is 0 Å². The lowest BCUT2D eigenvalue weighted by Gasteiger charge is -2.37. The summed E-state index contributed by atoms with van der Waals surface area (Å²) in [6, 6.07) is 4.72. The van der Waals surface area contributed by atoms with Gasteiger partial charge in [0.25, 0.3) is 0 Å². The first-order valence-corrected chi connectivity index (χ1v) is 7.44. The lowest BCUT2D eigenvalue weighted by Crippen LogP contribution is -2.50. The molecule has 7 heteroatoms. The van der Waals surface area contributed by atoms with Gasteiger partial charge in [0.15, 0.2) is 0 Å². The Morgan fingerprint density at radius 2 is 1.91 bits per heavy atom. The molecule has 1 saturated heterocycles. The molecule has 1 fully saturated rings. The molecular weight excluding hydrogens is 309 g/mol. The summed E-state index contributed by atoms with van der Waals surface area (Å²) >= 11 is 0. The van der Waals surface area contributed by atoms with Gasteiger partial charge in [-0.05, 0) is 24.6 Å². The van der Waals surface area contributed by atoms with Crippen LogP contribution in [0.25, 0.3) is 0 Å². The number of alkyl halides is 3. The Bertz CT molecular complexity index is 543. The number of hydrogen-bond donors (Lipinski definition) is 0. The van der Waals surface area contributed by atoms with Crippen molar-refractivity contribution in [3.63, 3.8) is 0 Å². The molecule has 2 atom stereocenters. The summed E-state index contributed by atoms with van der Waals surface area (Å²) < 4.78 is 43.5. The SMILES string of the molecule is C[C@@H](C(=O)N(C)C)N1CCO[C@H](c2ccc(C(F)(F)F)cc2)C1. The number of carbonyl (C=O) groups is 1. The van der Waals surface area contributed by atoms with Gasteiger partial charge in [0.2, 0.25) is 5.91 Å². The molecule has 1 heterocycles. The summed E-state index contributed by atoms with van der Waals surface area (Å²) in [5.74, 6) is -0.00179. The fourth-order valence-electron chi connectivity index (χ4n) is 2.64. The second kappa shape index (κ2) is 6.88. The molecule has 128 valence electrons. The fourth-order valence-corrected chi connectivity index (χ4v) is 2.64. The summed E-state index contributed by atoms with van der Waals surface area (Å²) in [6.07, 6.45) is -4.67. The number of amides is 1. The number of morpholine rings is 1. The highest BCUT2D eigenvalue weighted by atomic mass is 19.4. The van der Waals surface area contributed by atoms with Crippen LogP contribution in [0.5, 0.6) is 0 Å². The Morgan fingerprint density at radius 1 is 1.30 bits per heavy atom. The van der Waals surface area contributed by atoms with E-state index < -0.39 is 11.7 Å². The van der Waals surface area contributed by atoms with Crippen molar-refractivity contribution < 1.29 is 22.7 Å². The predicted octanol–water partition coefficient (Wildman–Crippen LogP) is 2.56. The number of halogens is 3. The van der Waals surface area contributed by atoms with Crippen molar-refractivity contribution in [1.29, 1.82) is 0 Å². The van der Waals surface area contributed by atoms with Crippen LogP contribution in [0.15, 0.2) is 24.3 Å². The van der Waals surface area contributed by atoms with Gasteiger partial charge in [0, 0.05) is 27.2 Å². The third kappa shape index (κ3) is 4.23. The van der Waals surface area contributed by atoms with E-state index in [0.717, 1.165) is 12.1 Å². The highest BCUT2D eigenvalue weighted by Crippen LogP contribution is 2.31. The largest absolute Gasteiger partial charge is 0.416 e. The lowest BCUT2D eigenvalue weighted by molar-refractivity contribution is -0.138. The monoisotopic (exact) mass is 330 g/mol. The van der Waals surface area contributed by atoms with Gasteiger partial charge in [0.1, 0.15) is 0 Å². The number of ether oxygens (including phenoxy) is 1. The number of rotatable bonds is 3. The van der Waals surface area contributed by atoms with Gasteiger partial charge in [-0.2, -0.15) is 13.2 Å². The van der Waals surface area contributed by atoms with Crippen LogP contribution in [0.3, 0.4) is 0 Å². The topological polar surface area (TPSA) is 32.8 Å². The summed E-state index contributed by atoms with van der Waals surface area (Å²) in [5.41, 5.74) is 0.0114. The van der Waals surface area contributed by atoms with E-state index in [-0.39, 0.29) is 18.1 Å². The average molecular weight is 330 g/mol. The number of carbonyl (C=O) groups excluding carboxylic acids is 1. The van der Waals surface area contributed by atoms with Gasteiger partial charge >= 0.3 is 6.18 Å². The normalized spacial score (nSPS) is 21.0. The van der Waals surface area contributed by atoms with E-state index in [1.165, 1.54) is 17.0 Å². The van der Waals surface area contributed by atoms with E-state index in [1.54, 1.807) is 14.1 Å². The molecule has 0 radical (unpaired) electrons. The van der Waals surface area contributed by atoms with Crippen molar-refractivity contribution >= 4 is 5.91 Å². The second-order valence-electron chi connectivity index (χ2n) is 5.88. The molecule has 0 N–H and O–H groups in total. The highest BCUT2D eigenvalue weighted by molar-refractivity contribution is 5.80. The van der Waals surface area contributed by atoms with Crippen molar-refractivity contribution in [3.05, 3.63) is 35.4 Å². The molecule has 2 rings (SSSR count). The maximum atomic E-state index is 12.6. The number of likely N-dealkylation sites (N-methyl/N-ethyl adjacent to an activating group) is 1. The molecule has 1 aromatic rings. The average Bonchev–Trinajstić information content (AvgIpc) is 2.52. The minimum atomic E-state index is -4.34. The van der Waals surface area contributed by atoms with Gasteiger partial charge in [0.05, 0.1) is 24.3 Å². The number of benzene rings is 1. The van der Waals surface area contributed by atoms with Gasteiger partial charge < -0.3 is 9.64 Å². The van der Waals surface area contributed by atoms with Crippen LogP contribution in [0.4, 0.5) is 13.2 Å². The van der Waals surface area contributed by atoms with Crippen LogP contribution in [-0.2, 0) is 15.7 Å². The van der Waals surface area contributed by atoms with Gasteiger partial charge in [-0.25, -0.2) is 0 Å². The Kier molecular flexibility index (Phi) is 5.31. The minimum Gasteiger partial charge on any atom is -0.371 e. The molecule has 0 aromatic heterocycles.